The first-order chi connectivity index (χ1) is 12.6. The molecule has 5 nitrogen and oxygen atoms in total. The third kappa shape index (κ3) is 5.97. The number of carbonyl (C=O) groups is 1. The molecule has 1 aromatic heterocycles. The van der Waals surface area contributed by atoms with Crippen LogP contribution < -0.4 is 5.32 Å². The number of nitrogens with one attached hydrogen (secondary N) is 1. The summed E-state index contributed by atoms with van der Waals surface area (Å²) in [6.07, 6.45) is -2.75. The molecule has 1 N–H and O–H groups in total. The lowest BCUT2D eigenvalue weighted by Crippen LogP contribution is -2.35. The fourth-order valence-corrected chi connectivity index (χ4v) is 2.65. The van der Waals surface area contributed by atoms with Gasteiger partial charge in [0.2, 0.25) is 5.91 Å². The van der Waals surface area contributed by atoms with Crippen molar-refractivity contribution in [3.8, 4) is 0 Å². The number of aromatic nitrogens is 2. The van der Waals surface area contributed by atoms with Crippen LogP contribution in [0.15, 0.2) is 36.5 Å². The van der Waals surface area contributed by atoms with Crippen LogP contribution in [0.5, 0.6) is 0 Å². The molecule has 0 aliphatic rings. The normalized spacial score (nSPS) is 14.2. The summed E-state index contributed by atoms with van der Waals surface area (Å²) >= 11 is 5.92. The summed E-state index contributed by atoms with van der Waals surface area (Å²) in [5, 5.41) is 6.96. The van der Waals surface area contributed by atoms with Gasteiger partial charge in [0.1, 0.15) is 6.04 Å². The Labute approximate surface area is 161 Å². The molecule has 0 spiro atoms. The van der Waals surface area contributed by atoms with E-state index in [0.717, 1.165) is 29.1 Å². The first kappa shape index (κ1) is 21.2. The number of hydrogen-bond donors (Lipinski definition) is 1. The smallest absolute Gasteiger partial charge is 0.347 e. The lowest BCUT2D eigenvalue weighted by molar-refractivity contribution is -0.142. The molecule has 0 bridgehead atoms. The quantitative estimate of drug-likeness (QED) is 0.763. The molecule has 2 rings (SSSR count). The molecule has 148 valence electrons. The molecule has 0 saturated heterocycles. The second-order valence-corrected chi connectivity index (χ2v) is 7.00. The van der Waals surface area contributed by atoms with Crippen molar-refractivity contribution in [3.05, 3.63) is 52.8 Å². The molecule has 2 aromatic rings. The van der Waals surface area contributed by atoms with Crippen LogP contribution in [0.1, 0.15) is 36.7 Å². The second-order valence-electron chi connectivity index (χ2n) is 6.56. The van der Waals surface area contributed by atoms with Crippen LogP contribution in [0.2, 0.25) is 5.02 Å². The first-order valence-electron chi connectivity index (χ1n) is 8.41. The minimum Gasteiger partial charge on any atom is -0.347 e. The summed E-state index contributed by atoms with van der Waals surface area (Å²) in [7, 11) is 3.84. The Kier molecular flexibility index (Phi) is 6.89. The van der Waals surface area contributed by atoms with Crippen molar-refractivity contribution < 1.29 is 18.0 Å². The monoisotopic (exact) mass is 402 g/mol. The Morgan fingerprint density at radius 1 is 1.26 bits per heavy atom. The van der Waals surface area contributed by atoms with E-state index in [0.29, 0.717) is 11.4 Å². The van der Waals surface area contributed by atoms with E-state index < -0.39 is 23.8 Å². The van der Waals surface area contributed by atoms with Gasteiger partial charge in [0.15, 0.2) is 5.69 Å². The minimum atomic E-state index is -4.54. The molecule has 1 heterocycles. The van der Waals surface area contributed by atoms with Crippen molar-refractivity contribution in [2.75, 3.05) is 20.6 Å². The largest absolute Gasteiger partial charge is 0.435 e. The van der Waals surface area contributed by atoms with E-state index in [1.54, 1.807) is 12.1 Å². The SMILES string of the molecule is CC(C(=O)NC(CCN(C)C)c1ccc(Cl)cc1)n1ccc(C(F)(F)F)n1. The lowest BCUT2D eigenvalue weighted by atomic mass is 10.0. The summed E-state index contributed by atoms with van der Waals surface area (Å²) in [6.45, 7) is 2.23. The van der Waals surface area contributed by atoms with Crippen LogP contribution in [-0.2, 0) is 11.0 Å². The maximum atomic E-state index is 12.7. The average Bonchev–Trinajstić information content (AvgIpc) is 3.08. The van der Waals surface area contributed by atoms with Crippen LogP contribution in [-0.4, -0.2) is 41.2 Å². The van der Waals surface area contributed by atoms with E-state index in [4.69, 9.17) is 11.6 Å². The average molecular weight is 403 g/mol. The molecule has 0 aliphatic carbocycles. The molecule has 0 radical (unpaired) electrons. The van der Waals surface area contributed by atoms with E-state index in [1.165, 1.54) is 6.92 Å². The van der Waals surface area contributed by atoms with Crippen molar-refractivity contribution >= 4 is 17.5 Å². The van der Waals surface area contributed by atoms with Gasteiger partial charge in [-0.25, -0.2) is 0 Å². The number of alkyl halides is 3. The van der Waals surface area contributed by atoms with Crippen molar-refractivity contribution in [1.82, 2.24) is 20.0 Å². The highest BCUT2D eigenvalue weighted by Gasteiger charge is 2.34. The molecule has 0 aliphatic heterocycles. The van der Waals surface area contributed by atoms with Gasteiger partial charge in [-0.15, -0.1) is 0 Å². The molecule has 2 unspecified atom stereocenters. The fraction of sp³-hybridized carbons (Fsp3) is 0.444. The van der Waals surface area contributed by atoms with Crippen LogP contribution in [0.3, 0.4) is 0 Å². The van der Waals surface area contributed by atoms with Gasteiger partial charge < -0.3 is 10.2 Å². The minimum absolute atomic E-state index is 0.294. The zero-order valence-electron chi connectivity index (χ0n) is 15.3. The van der Waals surface area contributed by atoms with E-state index in [2.05, 4.69) is 10.4 Å². The highest BCUT2D eigenvalue weighted by Crippen LogP contribution is 2.28. The fourth-order valence-electron chi connectivity index (χ4n) is 2.52. The van der Waals surface area contributed by atoms with Crippen molar-refractivity contribution in [2.45, 2.75) is 31.6 Å². The van der Waals surface area contributed by atoms with Gasteiger partial charge in [0, 0.05) is 11.2 Å². The summed E-state index contributed by atoms with van der Waals surface area (Å²) in [6, 6.07) is 6.79. The molecule has 2 atom stereocenters. The molecular formula is C18H22ClF3N4O. The molecule has 1 aromatic carbocycles. The summed E-state index contributed by atoms with van der Waals surface area (Å²) in [4.78, 5) is 14.6. The Morgan fingerprint density at radius 2 is 1.89 bits per heavy atom. The van der Waals surface area contributed by atoms with Gasteiger partial charge in [0.25, 0.3) is 0 Å². The predicted molar refractivity (Wildman–Crippen MR) is 97.4 cm³/mol. The number of halogens is 4. The van der Waals surface area contributed by atoms with Gasteiger partial charge in [0.05, 0.1) is 6.04 Å². The van der Waals surface area contributed by atoms with E-state index in [1.807, 2.05) is 31.1 Å². The van der Waals surface area contributed by atoms with Gasteiger partial charge in [-0.1, -0.05) is 23.7 Å². The number of carbonyl (C=O) groups excluding carboxylic acids is 1. The number of rotatable bonds is 7. The van der Waals surface area contributed by atoms with Gasteiger partial charge in [-0.05, 0) is 57.7 Å². The van der Waals surface area contributed by atoms with Crippen LogP contribution in [0, 0.1) is 0 Å². The van der Waals surface area contributed by atoms with Gasteiger partial charge in [-0.3, -0.25) is 9.48 Å². The number of amides is 1. The topological polar surface area (TPSA) is 50.2 Å². The zero-order chi connectivity index (χ0) is 20.2. The third-order valence-electron chi connectivity index (χ3n) is 4.13. The van der Waals surface area contributed by atoms with E-state index in [-0.39, 0.29) is 6.04 Å². The third-order valence-corrected chi connectivity index (χ3v) is 4.38. The Balaban J connectivity index is 2.14. The number of benzene rings is 1. The molecule has 27 heavy (non-hydrogen) atoms. The predicted octanol–water partition coefficient (Wildman–Crippen LogP) is 3.93. The van der Waals surface area contributed by atoms with Crippen LogP contribution >= 0.6 is 11.6 Å². The number of hydrogen-bond acceptors (Lipinski definition) is 3. The van der Waals surface area contributed by atoms with E-state index >= 15 is 0 Å². The first-order valence-corrected chi connectivity index (χ1v) is 8.78. The Morgan fingerprint density at radius 3 is 2.41 bits per heavy atom. The number of nitrogens with zero attached hydrogens (tertiary/aromatic N) is 3. The summed E-state index contributed by atoms with van der Waals surface area (Å²) in [5.41, 5.74) is -0.151. The van der Waals surface area contributed by atoms with Gasteiger partial charge >= 0.3 is 6.18 Å². The highest BCUT2D eigenvalue weighted by atomic mass is 35.5. The van der Waals surface area contributed by atoms with Crippen LogP contribution in [0.25, 0.3) is 0 Å². The highest BCUT2D eigenvalue weighted by molar-refractivity contribution is 6.30. The standard InChI is InChI=1S/C18H22ClF3N4O/c1-12(26-11-9-16(24-26)18(20,21)22)17(27)23-15(8-10-25(2)3)13-4-6-14(19)7-5-13/h4-7,9,11-12,15H,8,10H2,1-3H3,(H,23,27). The van der Waals surface area contributed by atoms with Gasteiger partial charge in [-0.2, -0.15) is 18.3 Å². The van der Waals surface area contributed by atoms with Crippen molar-refractivity contribution in [3.63, 3.8) is 0 Å². The molecule has 1 amide bonds. The maximum absolute atomic E-state index is 12.7. The van der Waals surface area contributed by atoms with E-state index in [9.17, 15) is 18.0 Å². The summed E-state index contributed by atoms with van der Waals surface area (Å²) in [5.74, 6) is -0.412. The molecular weight excluding hydrogens is 381 g/mol. The lowest BCUT2D eigenvalue weighted by Gasteiger charge is -2.23. The maximum Gasteiger partial charge on any atom is 0.435 e. The Bertz CT molecular complexity index is 759. The van der Waals surface area contributed by atoms with Crippen LogP contribution in [0.4, 0.5) is 13.2 Å². The van der Waals surface area contributed by atoms with Crippen molar-refractivity contribution in [1.29, 1.82) is 0 Å². The molecule has 0 saturated carbocycles. The molecule has 0 fully saturated rings. The molecule has 9 heteroatoms. The summed E-state index contributed by atoms with van der Waals surface area (Å²) < 4.78 is 39.2. The Hall–Kier alpha value is -2.06. The van der Waals surface area contributed by atoms with Crippen molar-refractivity contribution in [2.24, 2.45) is 0 Å². The zero-order valence-corrected chi connectivity index (χ0v) is 16.1. The second kappa shape index (κ2) is 8.75.